The molecule has 0 aliphatic carbocycles. The third-order valence-corrected chi connectivity index (χ3v) is 7.16. The van der Waals surface area contributed by atoms with Gasteiger partial charge in [-0.1, -0.05) is 37.9 Å². The first-order valence-electron chi connectivity index (χ1n) is 13.6. The number of rotatable bonds is 7. The quantitative estimate of drug-likeness (QED) is 0.386. The molecule has 0 saturated carbocycles. The van der Waals surface area contributed by atoms with Gasteiger partial charge in [-0.15, -0.1) is 0 Å². The Hall–Kier alpha value is -1.46. The minimum absolute atomic E-state index is 0.0111. The Morgan fingerprint density at radius 2 is 1.78 bits per heavy atom. The second-order valence-corrected chi connectivity index (χ2v) is 9.37. The van der Waals surface area contributed by atoms with Crippen LogP contribution in [0.2, 0.25) is 9.51 Å². The van der Waals surface area contributed by atoms with Crippen LogP contribution in [0.1, 0.15) is 67.6 Å². The molecule has 37 heavy (non-hydrogen) atoms. The number of ether oxygens (including phenoxy) is 1. The number of nitrogens with zero attached hydrogens (tertiary/aromatic N) is 4. The number of likely N-dealkylation sites (tertiary alicyclic amines) is 2. The number of benzene rings is 1. The third kappa shape index (κ3) is 9.06. The molecule has 9 heteroatoms. The molecule has 7 nitrogen and oxygen atoms in total. The molecule has 2 fully saturated rings. The molecule has 0 radical (unpaired) electrons. The van der Waals surface area contributed by atoms with Crippen molar-refractivity contribution in [3.63, 3.8) is 0 Å². The molecule has 2 saturated heterocycles. The van der Waals surface area contributed by atoms with Crippen molar-refractivity contribution in [2.75, 3.05) is 45.2 Å². The number of carbonyl (C=O) groups excluding carboxylic acids is 1. The van der Waals surface area contributed by atoms with Crippen molar-refractivity contribution in [3.05, 3.63) is 46.4 Å². The predicted molar refractivity (Wildman–Crippen MR) is 154 cm³/mol. The molecule has 1 aromatic carbocycles. The Balaban J connectivity index is 0.00000115. The van der Waals surface area contributed by atoms with Gasteiger partial charge in [0.25, 0.3) is 5.91 Å². The molecule has 202 valence electrons. The van der Waals surface area contributed by atoms with Gasteiger partial charge in [0.1, 0.15) is 23.6 Å². The van der Waals surface area contributed by atoms with Crippen molar-refractivity contribution >= 4 is 49.1 Å². The maximum absolute atomic E-state index is 13.2. The fourth-order valence-corrected chi connectivity index (χ4v) is 5.18. The van der Waals surface area contributed by atoms with Crippen LogP contribution in [-0.4, -0.2) is 97.3 Å². The summed E-state index contributed by atoms with van der Waals surface area (Å²) >= 11 is 7.39. The Labute approximate surface area is 244 Å². The fourth-order valence-electron chi connectivity index (χ4n) is 4.90. The van der Waals surface area contributed by atoms with E-state index in [0.717, 1.165) is 43.5 Å². The molecule has 3 heterocycles. The number of aromatic nitrogens is 2. The van der Waals surface area contributed by atoms with E-state index in [4.69, 9.17) is 16.3 Å². The van der Waals surface area contributed by atoms with Gasteiger partial charge in [-0.2, -0.15) is 0 Å². The van der Waals surface area contributed by atoms with E-state index in [0.29, 0.717) is 34.9 Å². The Kier molecular flexibility index (Phi) is 14.8. The van der Waals surface area contributed by atoms with E-state index >= 15 is 0 Å². The first-order chi connectivity index (χ1) is 18.1. The molecule has 1 amide bonds. The molecule has 2 aliphatic heterocycles. The number of amides is 1. The first kappa shape index (κ1) is 31.8. The number of anilines is 1. The van der Waals surface area contributed by atoms with Crippen molar-refractivity contribution in [3.8, 4) is 5.75 Å². The van der Waals surface area contributed by atoms with Crippen LogP contribution < -0.4 is 10.1 Å². The zero-order valence-electron chi connectivity index (χ0n) is 23.2. The standard InChI is InChI=1S/C25H34ClN5O2.C2H6.CH3.Tl/c1-18-23(25(32)31-14-9-20(10-15-31)30-12-4-3-5-13-30)28-17-29-24(18)27-11-8-19-6-7-22(33-2)21(26)16-19;1-2;;/h6-7,16-17,20H,3-5,8-15H2,1-2H3,(H,27,28,29);1-2H3;1H3;. The van der Waals surface area contributed by atoms with E-state index in [1.165, 1.54) is 64.4 Å². The van der Waals surface area contributed by atoms with E-state index in [1.54, 1.807) is 7.11 Å². The van der Waals surface area contributed by atoms with Crippen molar-refractivity contribution < 1.29 is 9.53 Å². The van der Waals surface area contributed by atoms with Crippen molar-refractivity contribution in [1.82, 2.24) is 19.8 Å². The van der Waals surface area contributed by atoms with Gasteiger partial charge < -0.3 is 19.9 Å². The number of carbonyl (C=O) groups is 1. The molecule has 1 aromatic heterocycles. The molecular formula is C28H43ClN5O2Tl. The molecule has 0 bridgehead atoms. The van der Waals surface area contributed by atoms with E-state index in [9.17, 15) is 4.79 Å². The summed E-state index contributed by atoms with van der Waals surface area (Å²) < 4.78 is 7.38. The third-order valence-electron chi connectivity index (χ3n) is 6.87. The summed E-state index contributed by atoms with van der Waals surface area (Å²) in [4.78, 5) is 26.5. The van der Waals surface area contributed by atoms with Crippen LogP contribution in [0.5, 0.6) is 5.75 Å². The van der Waals surface area contributed by atoms with E-state index < -0.39 is 0 Å². The second kappa shape index (κ2) is 17.2. The van der Waals surface area contributed by atoms with Gasteiger partial charge in [0.15, 0.2) is 0 Å². The van der Waals surface area contributed by atoms with Gasteiger partial charge >= 0.3 is 30.3 Å². The molecule has 0 unspecified atom stereocenters. The summed E-state index contributed by atoms with van der Waals surface area (Å²) in [6.07, 6.45) is 8.32. The monoisotopic (exact) mass is 721 g/mol. The van der Waals surface area contributed by atoms with E-state index in [2.05, 4.69) is 24.7 Å². The zero-order valence-corrected chi connectivity index (χ0v) is 28.5. The van der Waals surface area contributed by atoms with Crippen LogP contribution in [0.4, 0.5) is 5.82 Å². The molecule has 2 aromatic rings. The Morgan fingerprint density at radius 3 is 2.41 bits per heavy atom. The SMILES string of the molecule is CC.COc1ccc(CCNc2ncnc(C(=O)N3CCC(N4CCCCC4)CC3)c2C)cc1Cl.[CH3][Tl]. The summed E-state index contributed by atoms with van der Waals surface area (Å²) in [5.41, 5.74) is 2.40. The molecule has 4 rings (SSSR count). The molecule has 0 atom stereocenters. The second-order valence-electron chi connectivity index (χ2n) is 8.96. The number of methoxy groups -OCH3 is 1. The van der Waals surface area contributed by atoms with Gasteiger partial charge in [0.2, 0.25) is 0 Å². The van der Waals surface area contributed by atoms with Crippen molar-refractivity contribution in [1.29, 1.82) is 0 Å². The van der Waals surface area contributed by atoms with Gasteiger partial charge in [-0.25, -0.2) is 9.97 Å². The fraction of sp³-hybridized carbons (Fsp3) is 0.607. The number of hydrogen-bond donors (Lipinski definition) is 1. The van der Waals surface area contributed by atoms with Crippen molar-refractivity contribution in [2.24, 2.45) is 0 Å². The number of piperidine rings is 2. The van der Waals surface area contributed by atoms with E-state index in [1.807, 2.05) is 43.9 Å². The van der Waals surface area contributed by atoms with Crippen molar-refractivity contribution in [2.45, 2.75) is 69.8 Å². The van der Waals surface area contributed by atoms with Gasteiger partial charge in [-0.3, -0.25) is 4.79 Å². The van der Waals surface area contributed by atoms with E-state index in [-0.39, 0.29) is 5.91 Å². The van der Waals surface area contributed by atoms with Crippen LogP contribution in [-0.2, 0) is 6.42 Å². The molecule has 1 N–H and O–H groups in total. The van der Waals surface area contributed by atoms with Crippen LogP contribution in [0.3, 0.4) is 0 Å². The van der Waals surface area contributed by atoms with Crippen LogP contribution in [0, 0.1) is 6.92 Å². The summed E-state index contributed by atoms with van der Waals surface area (Å²) in [6.45, 7) is 10.6. The van der Waals surface area contributed by atoms with Gasteiger partial charge in [0, 0.05) is 31.2 Å². The average molecular weight is 722 g/mol. The Bertz CT molecular complexity index is 964. The topological polar surface area (TPSA) is 70.6 Å². The van der Waals surface area contributed by atoms with Crippen LogP contribution >= 0.6 is 11.6 Å². The maximum atomic E-state index is 13.2. The Morgan fingerprint density at radius 1 is 1.11 bits per heavy atom. The normalized spacial score (nSPS) is 16.1. The number of halogens is 1. The molecular weight excluding hydrogens is 678 g/mol. The molecule has 2 aliphatic rings. The predicted octanol–water partition coefficient (Wildman–Crippen LogP) is 5.42. The number of hydrogen-bond acceptors (Lipinski definition) is 6. The van der Waals surface area contributed by atoms with Crippen LogP contribution in [0.25, 0.3) is 0 Å². The van der Waals surface area contributed by atoms with Gasteiger partial charge in [-0.05, 0) is 69.8 Å². The summed E-state index contributed by atoms with van der Waals surface area (Å²) in [5.74, 6) is 1.39. The minimum atomic E-state index is 0.0111. The average Bonchev–Trinajstić information content (AvgIpc) is 2.96. The summed E-state index contributed by atoms with van der Waals surface area (Å²) in [7, 11) is 1.61. The number of nitrogens with one attached hydrogen (secondary N) is 1. The van der Waals surface area contributed by atoms with Crippen LogP contribution in [0.15, 0.2) is 24.5 Å². The summed E-state index contributed by atoms with van der Waals surface area (Å²) in [6, 6.07) is 6.40. The summed E-state index contributed by atoms with van der Waals surface area (Å²) in [5, 5.41) is 3.96. The molecule has 0 spiro atoms. The zero-order chi connectivity index (χ0) is 27.2. The first-order valence-corrected chi connectivity index (χ1v) is 18.4. The van der Waals surface area contributed by atoms with Gasteiger partial charge in [0.05, 0.1) is 12.1 Å².